The van der Waals surface area contributed by atoms with Crippen LogP contribution >= 0.6 is 0 Å². The summed E-state index contributed by atoms with van der Waals surface area (Å²) in [5.41, 5.74) is 14.0. The van der Waals surface area contributed by atoms with Gasteiger partial charge in [0.1, 0.15) is 24.2 Å². The molecule has 3 aromatic rings. The van der Waals surface area contributed by atoms with Crippen molar-refractivity contribution in [2.45, 2.75) is 130 Å². The number of hydrogen-bond acceptors (Lipinski definition) is 12. The normalized spacial score (nSPS) is 19.4. The van der Waals surface area contributed by atoms with Crippen molar-refractivity contribution in [1.29, 1.82) is 0 Å². The second-order valence-corrected chi connectivity index (χ2v) is 22.3. The Morgan fingerprint density at radius 1 is 0.568 bits per heavy atom. The minimum atomic E-state index is -0.976. The number of rotatable bonds is 22. The number of benzene rings is 3. The van der Waals surface area contributed by atoms with Crippen LogP contribution < -0.4 is 43.4 Å². The number of hydrogen-bond donors (Lipinski definition) is 8. The van der Waals surface area contributed by atoms with E-state index in [4.69, 9.17) is 11.5 Å². The molecule has 0 aromatic heterocycles. The molecule has 74 heavy (non-hydrogen) atoms. The topological polar surface area (TPSA) is 267 Å². The highest BCUT2D eigenvalue weighted by atomic mass is 16.2. The molecule has 18 nitrogen and oxygen atoms in total. The van der Waals surface area contributed by atoms with Crippen molar-refractivity contribution in [2.75, 3.05) is 51.7 Å². The van der Waals surface area contributed by atoms with E-state index >= 15 is 0 Å². The Bertz CT molecular complexity index is 2320. The van der Waals surface area contributed by atoms with Crippen molar-refractivity contribution in [1.82, 2.24) is 41.7 Å². The van der Waals surface area contributed by atoms with Gasteiger partial charge < -0.3 is 53.2 Å². The van der Waals surface area contributed by atoms with Crippen molar-refractivity contribution < 1.29 is 38.4 Å². The molecule has 402 valence electrons. The predicted octanol–water partition coefficient (Wildman–Crippen LogP) is 3.43. The van der Waals surface area contributed by atoms with Gasteiger partial charge in [0.25, 0.3) is 0 Å². The average Bonchev–Trinajstić information content (AvgIpc) is 3.99. The maximum Gasteiger partial charge on any atom is 0.246 e. The highest BCUT2D eigenvalue weighted by Gasteiger charge is 2.47. The van der Waals surface area contributed by atoms with Gasteiger partial charge in [-0.2, -0.15) is 0 Å². The Hall–Kier alpha value is -6.66. The van der Waals surface area contributed by atoms with Gasteiger partial charge in [-0.25, -0.2) is 0 Å². The number of amides is 6. The fraction of sp³-hybridized carbons (Fsp3) is 0.536. The van der Waals surface area contributed by atoms with E-state index in [9.17, 15) is 38.4 Å². The molecule has 0 radical (unpaired) electrons. The van der Waals surface area contributed by atoms with Gasteiger partial charge in [-0.1, -0.05) is 84.0 Å². The second-order valence-electron chi connectivity index (χ2n) is 22.3. The van der Waals surface area contributed by atoms with Crippen LogP contribution in [0.2, 0.25) is 0 Å². The van der Waals surface area contributed by atoms with Crippen molar-refractivity contribution in [3.05, 3.63) is 95.1 Å². The number of likely N-dealkylation sites (tertiary alicyclic amines) is 2. The number of carbonyl (C=O) groups is 8. The lowest BCUT2D eigenvalue weighted by Gasteiger charge is -2.36. The van der Waals surface area contributed by atoms with Gasteiger partial charge in [0.05, 0.1) is 12.1 Å². The number of carbonyl (C=O) groups excluding carboxylic acids is 8. The summed E-state index contributed by atoms with van der Waals surface area (Å²) in [6, 6.07) is 16.2. The van der Waals surface area contributed by atoms with Gasteiger partial charge in [-0.15, -0.1) is 0 Å². The molecular weight excluding hydrogens is 941 g/mol. The number of nitrogen functional groups attached to an aromatic ring is 2. The molecular formula is C56H80N10O8. The van der Waals surface area contributed by atoms with Crippen LogP contribution in [0.5, 0.6) is 0 Å². The first-order valence-electron chi connectivity index (χ1n) is 25.8. The number of likely N-dealkylation sites (N-methyl/N-ethyl adjacent to an activating group) is 2. The molecule has 0 spiro atoms. The van der Waals surface area contributed by atoms with E-state index in [-0.39, 0.29) is 85.1 Å². The zero-order valence-corrected chi connectivity index (χ0v) is 44.9. The Balaban J connectivity index is 1.32. The van der Waals surface area contributed by atoms with Gasteiger partial charge in [-0.3, -0.25) is 38.4 Å². The Morgan fingerprint density at radius 3 is 1.24 bits per heavy atom. The van der Waals surface area contributed by atoms with E-state index in [2.05, 4.69) is 31.9 Å². The quantitative estimate of drug-likeness (QED) is 0.0532. The van der Waals surface area contributed by atoms with E-state index in [0.717, 1.165) is 11.1 Å². The van der Waals surface area contributed by atoms with Crippen LogP contribution in [-0.2, 0) is 41.6 Å². The predicted molar refractivity (Wildman–Crippen MR) is 287 cm³/mol. The molecule has 10 N–H and O–H groups in total. The molecule has 2 aliphatic rings. The van der Waals surface area contributed by atoms with Crippen LogP contribution in [0.3, 0.4) is 0 Å². The van der Waals surface area contributed by atoms with Gasteiger partial charge in [0.15, 0.2) is 11.6 Å². The van der Waals surface area contributed by atoms with E-state index in [0.29, 0.717) is 37.3 Å². The van der Waals surface area contributed by atoms with Crippen LogP contribution in [0.25, 0.3) is 0 Å². The summed E-state index contributed by atoms with van der Waals surface area (Å²) < 4.78 is 0. The molecule has 6 amide bonds. The second kappa shape index (κ2) is 25.5. The van der Waals surface area contributed by atoms with E-state index in [1.165, 1.54) is 9.80 Å². The Morgan fingerprint density at radius 2 is 0.919 bits per heavy atom. The summed E-state index contributed by atoms with van der Waals surface area (Å²) >= 11 is 0. The first-order valence-corrected chi connectivity index (χ1v) is 25.8. The van der Waals surface area contributed by atoms with Gasteiger partial charge in [-0.05, 0) is 118 Å². The van der Waals surface area contributed by atoms with Gasteiger partial charge in [0, 0.05) is 61.5 Å². The third-order valence-corrected chi connectivity index (χ3v) is 14.2. The SMILES string of the molecule is CN[C@@H](C)C(=O)N[C@H](C(=O)N1C[C@@H](CC(=O)c2cccc(C(=O)C[C@H]3C[C@@H](C(=O)NCCc4ccc(N)cc4)N(C(=O)[C@@H](NC(=O)[C@H](C)NC)C(C)(C)C)C3)c2)C[C@H]1C(=O)NCCc1ccc(N)cc1)C(C)(C)C. The molecule has 2 heterocycles. The van der Waals surface area contributed by atoms with Crippen LogP contribution in [0.15, 0.2) is 72.8 Å². The zero-order valence-electron chi connectivity index (χ0n) is 44.9. The zero-order chi connectivity index (χ0) is 54.7. The number of anilines is 2. The lowest BCUT2D eigenvalue weighted by atomic mass is 9.85. The maximum absolute atomic E-state index is 14.5. The maximum atomic E-state index is 14.5. The highest BCUT2D eigenvalue weighted by Crippen LogP contribution is 2.33. The number of nitrogens with zero attached hydrogens (tertiary/aromatic N) is 2. The van der Waals surface area contributed by atoms with Crippen molar-refractivity contribution in [2.24, 2.45) is 22.7 Å². The molecule has 5 rings (SSSR count). The van der Waals surface area contributed by atoms with E-state index in [1.54, 1.807) is 76.5 Å². The molecule has 2 aliphatic heterocycles. The monoisotopic (exact) mass is 1020 g/mol. The summed E-state index contributed by atoms with van der Waals surface area (Å²) in [5, 5.41) is 17.6. The standard InChI is InChI=1S/C56H80N10O8/c1-33(59-9)49(69)63-47(55(3,4)5)53(73)65-31-37(26-43(65)51(71)61-24-22-35-14-18-41(57)19-15-35)28-45(67)39-12-11-13-40(30-39)46(68)29-38-27-44(52(72)62-25-23-36-16-20-42(58)21-17-36)66(32-38)54(74)48(56(6,7)8)64-50(70)34(2)60-10/h11-21,30,33-34,37-38,43-44,47-48,59-60H,22-29,31-32,57-58H2,1-10H3,(H,61,71)(H,62,72)(H,63,69)(H,64,70)/t33-,34-,37+,38+,43-,44-,47+,48+/m0/s1. The Labute approximate surface area is 436 Å². The molecule has 0 saturated carbocycles. The lowest BCUT2D eigenvalue weighted by molar-refractivity contribution is -0.144. The largest absolute Gasteiger partial charge is 0.399 e. The smallest absolute Gasteiger partial charge is 0.246 e. The molecule has 0 aliphatic carbocycles. The van der Waals surface area contributed by atoms with Crippen molar-refractivity contribution >= 4 is 58.4 Å². The molecule has 0 bridgehead atoms. The first-order chi connectivity index (χ1) is 34.8. The fourth-order valence-electron chi connectivity index (χ4n) is 9.44. The molecule has 3 aromatic carbocycles. The molecule has 0 unspecified atom stereocenters. The minimum absolute atomic E-state index is 0.0205. The first kappa shape index (κ1) is 58.2. The third kappa shape index (κ3) is 15.7. The lowest BCUT2D eigenvalue weighted by Crippen LogP contribution is -2.59. The number of Topliss-reactive ketones (excluding diaryl/α,β-unsaturated/α-hetero) is 2. The number of nitrogens with two attached hydrogens (primary N) is 2. The highest BCUT2D eigenvalue weighted by molar-refractivity contribution is 6.02. The number of ketones is 2. The third-order valence-electron chi connectivity index (χ3n) is 14.2. The van der Waals surface area contributed by atoms with Gasteiger partial charge >= 0.3 is 0 Å². The minimum Gasteiger partial charge on any atom is -0.399 e. The van der Waals surface area contributed by atoms with Crippen molar-refractivity contribution in [3.8, 4) is 0 Å². The number of nitrogens with one attached hydrogen (secondary N) is 6. The van der Waals surface area contributed by atoms with Crippen LogP contribution in [0, 0.1) is 22.7 Å². The van der Waals surface area contributed by atoms with E-state index in [1.807, 2.05) is 65.8 Å². The van der Waals surface area contributed by atoms with Crippen LogP contribution in [-0.4, -0.2) is 133 Å². The summed E-state index contributed by atoms with van der Waals surface area (Å²) in [6.07, 6.45) is 1.41. The summed E-state index contributed by atoms with van der Waals surface area (Å²) in [5.74, 6) is -3.74. The summed E-state index contributed by atoms with van der Waals surface area (Å²) in [7, 11) is 3.29. The van der Waals surface area contributed by atoms with Crippen molar-refractivity contribution in [3.63, 3.8) is 0 Å². The van der Waals surface area contributed by atoms with Crippen LogP contribution in [0.1, 0.15) is 113 Å². The Kier molecular flexibility index (Phi) is 20.1. The molecule has 18 heteroatoms. The average molecular weight is 1020 g/mol. The van der Waals surface area contributed by atoms with Gasteiger partial charge in [0.2, 0.25) is 35.4 Å². The molecule has 2 saturated heterocycles. The fourth-order valence-corrected chi connectivity index (χ4v) is 9.44. The summed E-state index contributed by atoms with van der Waals surface area (Å²) in [6.45, 7) is 15.2. The summed E-state index contributed by atoms with van der Waals surface area (Å²) in [4.78, 5) is 115. The molecule has 2 fully saturated rings. The molecule has 8 atom stereocenters. The van der Waals surface area contributed by atoms with E-state index < -0.39 is 70.7 Å². The van der Waals surface area contributed by atoms with Crippen LogP contribution in [0.4, 0.5) is 11.4 Å².